The number of rotatable bonds is 0. The third kappa shape index (κ3) is 1.25. The molecule has 2 N–H and O–H groups in total. The second-order valence-corrected chi connectivity index (χ2v) is 4.42. The maximum absolute atomic E-state index is 12.5. The van der Waals surface area contributed by atoms with Crippen LogP contribution in [0.3, 0.4) is 0 Å². The summed E-state index contributed by atoms with van der Waals surface area (Å²) >= 11 is 0. The van der Waals surface area contributed by atoms with Crippen molar-refractivity contribution in [2.45, 2.75) is 0 Å². The van der Waals surface area contributed by atoms with E-state index in [0.717, 1.165) is 0 Å². The first-order valence-corrected chi connectivity index (χ1v) is 5.87. The molecule has 3 aromatic rings. The molecule has 1 aliphatic heterocycles. The number of phenols is 2. The maximum Gasteiger partial charge on any atom is 0.231 e. The fourth-order valence-corrected chi connectivity index (χ4v) is 2.40. The molecule has 100 valence electrons. The van der Waals surface area contributed by atoms with Gasteiger partial charge in [0.15, 0.2) is 11.5 Å². The Bertz CT molecular complexity index is 924. The minimum absolute atomic E-state index is 0.0726. The molecule has 0 saturated carbocycles. The van der Waals surface area contributed by atoms with Crippen molar-refractivity contribution in [3.8, 4) is 23.0 Å². The fraction of sp³-hybridized carbons (Fsp3) is 0.0714. The summed E-state index contributed by atoms with van der Waals surface area (Å²) < 4.78 is 15.9. The van der Waals surface area contributed by atoms with Crippen LogP contribution in [0.1, 0.15) is 0 Å². The Morgan fingerprint density at radius 1 is 0.950 bits per heavy atom. The summed E-state index contributed by atoms with van der Waals surface area (Å²) in [5.41, 5.74) is -0.0169. The number of ether oxygens (including phenoxy) is 2. The van der Waals surface area contributed by atoms with Gasteiger partial charge in [0.05, 0.1) is 0 Å². The second-order valence-electron chi connectivity index (χ2n) is 4.42. The highest BCUT2D eigenvalue weighted by Gasteiger charge is 2.26. The average molecular weight is 272 g/mol. The molecular formula is C14H8O6. The van der Waals surface area contributed by atoms with Gasteiger partial charge in [0, 0.05) is 6.07 Å². The number of hydrogen-bond donors (Lipinski definition) is 2. The van der Waals surface area contributed by atoms with Gasteiger partial charge in [-0.25, -0.2) is 0 Å². The zero-order chi connectivity index (χ0) is 13.9. The SMILES string of the molecule is O=c1c2c(O)cccc2oc2cc(O)c3c(c12)OCO3. The van der Waals surface area contributed by atoms with Crippen molar-refractivity contribution < 1.29 is 24.1 Å². The summed E-state index contributed by atoms with van der Waals surface area (Å²) in [5.74, 6) is -0.0787. The van der Waals surface area contributed by atoms with Gasteiger partial charge in [0.25, 0.3) is 0 Å². The summed E-state index contributed by atoms with van der Waals surface area (Å²) in [6, 6.07) is 5.84. The Morgan fingerprint density at radius 2 is 1.75 bits per heavy atom. The second kappa shape index (κ2) is 3.57. The van der Waals surface area contributed by atoms with E-state index in [0.29, 0.717) is 0 Å². The Hall–Kier alpha value is -2.89. The first kappa shape index (κ1) is 11.0. The van der Waals surface area contributed by atoms with E-state index >= 15 is 0 Å². The monoisotopic (exact) mass is 272 g/mol. The Morgan fingerprint density at radius 3 is 2.60 bits per heavy atom. The van der Waals surface area contributed by atoms with Gasteiger partial charge in [-0.05, 0) is 12.1 Å². The highest BCUT2D eigenvalue weighted by Crippen LogP contribution is 2.45. The molecule has 2 aromatic carbocycles. The van der Waals surface area contributed by atoms with E-state index in [-0.39, 0.29) is 51.7 Å². The van der Waals surface area contributed by atoms with Crippen molar-refractivity contribution in [2.24, 2.45) is 0 Å². The van der Waals surface area contributed by atoms with Crippen LogP contribution in [0.25, 0.3) is 21.9 Å². The molecule has 1 aliphatic rings. The molecule has 0 radical (unpaired) electrons. The Balaban J connectivity index is 2.30. The van der Waals surface area contributed by atoms with Crippen LogP contribution >= 0.6 is 0 Å². The molecule has 0 aliphatic carbocycles. The molecule has 2 heterocycles. The van der Waals surface area contributed by atoms with E-state index < -0.39 is 5.43 Å². The van der Waals surface area contributed by atoms with Crippen molar-refractivity contribution >= 4 is 21.9 Å². The Labute approximate surface area is 111 Å². The minimum atomic E-state index is -0.430. The maximum atomic E-state index is 12.5. The van der Waals surface area contributed by atoms with E-state index in [1.807, 2.05) is 0 Å². The molecule has 0 fully saturated rings. The summed E-state index contributed by atoms with van der Waals surface area (Å²) in [7, 11) is 0. The lowest BCUT2D eigenvalue weighted by molar-refractivity contribution is 0.172. The highest BCUT2D eigenvalue weighted by atomic mass is 16.7. The number of aromatic hydroxyl groups is 2. The van der Waals surface area contributed by atoms with Gasteiger partial charge in [-0.1, -0.05) is 6.07 Å². The summed E-state index contributed by atoms with van der Waals surface area (Å²) in [4.78, 5) is 12.5. The molecule has 0 atom stereocenters. The van der Waals surface area contributed by atoms with Crippen molar-refractivity contribution in [3.63, 3.8) is 0 Å². The van der Waals surface area contributed by atoms with Crippen LogP contribution in [0.15, 0.2) is 33.5 Å². The molecule has 6 heteroatoms. The zero-order valence-electron chi connectivity index (χ0n) is 10.0. The number of fused-ring (bicyclic) bond motifs is 4. The summed E-state index contributed by atoms with van der Waals surface area (Å²) in [6.07, 6.45) is 0. The molecule has 0 spiro atoms. The van der Waals surface area contributed by atoms with E-state index in [4.69, 9.17) is 13.9 Å². The van der Waals surface area contributed by atoms with E-state index in [2.05, 4.69) is 0 Å². The Kier molecular flexibility index (Phi) is 1.96. The number of hydrogen-bond acceptors (Lipinski definition) is 6. The molecule has 20 heavy (non-hydrogen) atoms. The van der Waals surface area contributed by atoms with Crippen molar-refractivity contribution in [1.82, 2.24) is 0 Å². The summed E-state index contributed by atoms with van der Waals surface area (Å²) in [6.45, 7) is -0.0831. The highest BCUT2D eigenvalue weighted by molar-refractivity contribution is 5.98. The number of benzene rings is 2. The van der Waals surface area contributed by atoms with Gasteiger partial charge in [-0.15, -0.1) is 0 Å². The first-order valence-electron chi connectivity index (χ1n) is 5.87. The summed E-state index contributed by atoms with van der Waals surface area (Å²) in [5, 5.41) is 19.9. The van der Waals surface area contributed by atoms with Crippen molar-refractivity contribution in [1.29, 1.82) is 0 Å². The average Bonchev–Trinajstić information content (AvgIpc) is 2.88. The lowest BCUT2D eigenvalue weighted by Crippen LogP contribution is -2.03. The van der Waals surface area contributed by atoms with Gasteiger partial charge < -0.3 is 24.1 Å². The lowest BCUT2D eigenvalue weighted by atomic mass is 10.1. The van der Waals surface area contributed by atoms with Gasteiger partial charge in [0.1, 0.15) is 27.7 Å². The zero-order valence-corrected chi connectivity index (χ0v) is 10.0. The minimum Gasteiger partial charge on any atom is -0.507 e. The smallest absolute Gasteiger partial charge is 0.231 e. The molecule has 0 saturated heterocycles. The number of phenolic OH excluding ortho intramolecular Hbond substituents is 2. The fourth-order valence-electron chi connectivity index (χ4n) is 2.40. The largest absolute Gasteiger partial charge is 0.507 e. The predicted octanol–water partition coefficient (Wildman–Crippen LogP) is 2.09. The van der Waals surface area contributed by atoms with Crippen molar-refractivity contribution in [3.05, 3.63) is 34.5 Å². The van der Waals surface area contributed by atoms with Gasteiger partial charge in [-0.3, -0.25) is 4.79 Å². The quantitative estimate of drug-likeness (QED) is 0.609. The van der Waals surface area contributed by atoms with E-state index in [1.54, 1.807) is 12.1 Å². The molecule has 0 bridgehead atoms. The van der Waals surface area contributed by atoms with Crippen LogP contribution in [0.4, 0.5) is 0 Å². The lowest BCUT2D eigenvalue weighted by Gasteiger charge is -2.06. The molecule has 4 rings (SSSR count). The molecular weight excluding hydrogens is 264 g/mol. The normalized spacial score (nSPS) is 13.2. The van der Waals surface area contributed by atoms with Crippen LogP contribution < -0.4 is 14.9 Å². The molecule has 1 aromatic heterocycles. The predicted molar refractivity (Wildman–Crippen MR) is 69.4 cm³/mol. The molecule has 0 amide bonds. The van der Waals surface area contributed by atoms with Crippen LogP contribution in [0, 0.1) is 0 Å². The van der Waals surface area contributed by atoms with E-state index in [1.165, 1.54) is 12.1 Å². The standard InChI is InChI=1S/C14H8O6/c15-6-2-1-3-8-10(6)12(17)11-9(20-8)4-7(16)13-14(11)19-5-18-13/h1-4,15-16H,5H2. The van der Waals surface area contributed by atoms with E-state index in [9.17, 15) is 15.0 Å². The van der Waals surface area contributed by atoms with Gasteiger partial charge >= 0.3 is 0 Å². The topological polar surface area (TPSA) is 89.1 Å². The van der Waals surface area contributed by atoms with Crippen LogP contribution in [0.5, 0.6) is 23.0 Å². The van der Waals surface area contributed by atoms with Crippen LogP contribution in [-0.4, -0.2) is 17.0 Å². The van der Waals surface area contributed by atoms with Crippen molar-refractivity contribution in [2.75, 3.05) is 6.79 Å². The van der Waals surface area contributed by atoms with Gasteiger partial charge in [-0.2, -0.15) is 0 Å². The first-order chi connectivity index (χ1) is 9.66. The van der Waals surface area contributed by atoms with Gasteiger partial charge in [0.2, 0.25) is 18.0 Å². The van der Waals surface area contributed by atoms with Crippen LogP contribution in [-0.2, 0) is 0 Å². The third-order valence-corrected chi connectivity index (χ3v) is 3.26. The molecule has 6 nitrogen and oxygen atoms in total. The molecule has 0 unspecified atom stereocenters. The van der Waals surface area contributed by atoms with Crippen LogP contribution in [0.2, 0.25) is 0 Å². The third-order valence-electron chi connectivity index (χ3n) is 3.26.